The van der Waals surface area contributed by atoms with Gasteiger partial charge in [0.05, 0.1) is 0 Å². The van der Waals surface area contributed by atoms with Gasteiger partial charge in [0.2, 0.25) is 0 Å². The molecule has 0 aliphatic heterocycles. The van der Waals surface area contributed by atoms with Gasteiger partial charge in [-0.15, -0.1) is 0 Å². The van der Waals surface area contributed by atoms with Crippen LogP contribution in [-0.2, 0) is 4.79 Å². The van der Waals surface area contributed by atoms with E-state index in [1.807, 2.05) is 19.9 Å². The maximum Gasteiger partial charge on any atom is 0.328 e. The maximum atomic E-state index is 11.6. The molecule has 5 nitrogen and oxygen atoms in total. The lowest BCUT2D eigenvalue weighted by molar-refractivity contribution is -0.131. The summed E-state index contributed by atoms with van der Waals surface area (Å²) < 4.78 is 0. The van der Waals surface area contributed by atoms with Gasteiger partial charge in [0.15, 0.2) is 0 Å². The molecule has 3 N–H and O–H groups in total. The molecule has 0 aliphatic carbocycles. The van der Waals surface area contributed by atoms with Gasteiger partial charge in [0, 0.05) is 18.3 Å². The van der Waals surface area contributed by atoms with Crippen molar-refractivity contribution in [2.75, 3.05) is 11.9 Å². The molecule has 5 heteroatoms. The number of amides is 2. The zero-order valence-electron chi connectivity index (χ0n) is 11.5. The Morgan fingerprint density at radius 1 is 1.20 bits per heavy atom. The van der Waals surface area contributed by atoms with Crippen LogP contribution in [-0.4, -0.2) is 23.7 Å². The number of carbonyl (C=O) groups is 2. The molecule has 0 heterocycles. The molecule has 0 aliphatic rings. The Morgan fingerprint density at radius 3 is 2.40 bits per heavy atom. The lowest BCUT2D eigenvalue weighted by Gasteiger charge is -2.06. The van der Waals surface area contributed by atoms with E-state index < -0.39 is 5.97 Å². The highest BCUT2D eigenvalue weighted by Gasteiger charge is 1.99. The van der Waals surface area contributed by atoms with E-state index in [1.165, 1.54) is 6.08 Å². The first kappa shape index (κ1) is 15.5. The van der Waals surface area contributed by atoms with Crippen LogP contribution in [0.3, 0.4) is 0 Å². The van der Waals surface area contributed by atoms with Crippen LogP contribution in [0.25, 0.3) is 6.08 Å². The van der Waals surface area contributed by atoms with Gasteiger partial charge < -0.3 is 15.7 Å². The number of carboxylic acid groups (broad SMARTS) is 1. The van der Waals surface area contributed by atoms with Gasteiger partial charge in [-0.25, -0.2) is 9.59 Å². The fourth-order valence-electron chi connectivity index (χ4n) is 1.37. The number of rotatable bonds is 5. The second kappa shape index (κ2) is 7.78. The highest BCUT2D eigenvalue weighted by atomic mass is 16.4. The summed E-state index contributed by atoms with van der Waals surface area (Å²) in [5.41, 5.74) is 2.54. The van der Waals surface area contributed by atoms with E-state index in [4.69, 9.17) is 5.11 Å². The van der Waals surface area contributed by atoms with E-state index in [2.05, 4.69) is 10.6 Å². The maximum absolute atomic E-state index is 11.6. The first-order valence-electron chi connectivity index (χ1n) is 6.16. The molecule has 2 amide bonds. The van der Waals surface area contributed by atoms with Crippen LogP contribution in [0.1, 0.15) is 19.4 Å². The number of hydrogen-bond donors (Lipinski definition) is 3. The van der Waals surface area contributed by atoms with Gasteiger partial charge in [-0.1, -0.05) is 23.8 Å². The predicted molar refractivity (Wildman–Crippen MR) is 79.6 cm³/mol. The van der Waals surface area contributed by atoms with Crippen molar-refractivity contribution in [1.29, 1.82) is 0 Å². The number of carboxylic acids is 1. The van der Waals surface area contributed by atoms with Gasteiger partial charge >= 0.3 is 12.0 Å². The number of benzene rings is 1. The topological polar surface area (TPSA) is 78.4 Å². The molecule has 1 aromatic rings. The van der Waals surface area contributed by atoms with Crippen molar-refractivity contribution in [3.8, 4) is 0 Å². The third-order valence-electron chi connectivity index (χ3n) is 2.36. The fourth-order valence-corrected chi connectivity index (χ4v) is 1.37. The molecule has 106 valence electrons. The van der Waals surface area contributed by atoms with Crippen LogP contribution >= 0.6 is 0 Å². The van der Waals surface area contributed by atoms with Crippen molar-refractivity contribution in [3.63, 3.8) is 0 Å². The quantitative estimate of drug-likeness (QED) is 0.570. The minimum absolute atomic E-state index is 0.281. The molecule has 20 heavy (non-hydrogen) atoms. The minimum Gasteiger partial charge on any atom is -0.478 e. The molecule has 1 aromatic carbocycles. The Balaban J connectivity index is 2.51. The molecule has 0 saturated heterocycles. The zero-order chi connectivity index (χ0) is 15.0. The third-order valence-corrected chi connectivity index (χ3v) is 2.36. The number of aliphatic carboxylic acids is 1. The lowest BCUT2D eigenvalue weighted by atomic mass is 10.2. The number of hydrogen-bond acceptors (Lipinski definition) is 2. The van der Waals surface area contributed by atoms with Crippen molar-refractivity contribution in [1.82, 2.24) is 5.32 Å². The van der Waals surface area contributed by atoms with Gasteiger partial charge in [0.1, 0.15) is 0 Å². The first-order valence-corrected chi connectivity index (χ1v) is 6.16. The van der Waals surface area contributed by atoms with Crippen LogP contribution < -0.4 is 10.6 Å². The number of urea groups is 1. The van der Waals surface area contributed by atoms with Crippen molar-refractivity contribution in [2.24, 2.45) is 0 Å². The van der Waals surface area contributed by atoms with Crippen molar-refractivity contribution in [3.05, 3.63) is 47.6 Å². The summed E-state index contributed by atoms with van der Waals surface area (Å²) in [6, 6.07) is 6.59. The zero-order valence-corrected chi connectivity index (χ0v) is 11.5. The van der Waals surface area contributed by atoms with Gasteiger partial charge in [0.25, 0.3) is 0 Å². The molecular weight excluding hydrogens is 256 g/mol. The van der Waals surface area contributed by atoms with Crippen LogP contribution in [0.4, 0.5) is 10.5 Å². The van der Waals surface area contributed by atoms with Crippen molar-refractivity contribution in [2.45, 2.75) is 13.8 Å². The van der Waals surface area contributed by atoms with Gasteiger partial charge in [-0.2, -0.15) is 0 Å². The molecule has 0 fully saturated rings. The average molecular weight is 274 g/mol. The second-order valence-electron chi connectivity index (χ2n) is 4.41. The largest absolute Gasteiger partial charge is 0.478 e. The molecular formula is C15H18N2O3. The highest BCUT2D eigenvalue weighted by Crippen LogP contribution is 2.10. The summed E-state index contributed by atoms with van der Waals surface area (Å²) in [4.78, 5) is 21.9. The van der Waals surface area contributed by atoms with Crippen LogP contribution in [0.2, 0.25) is 0 Å². The Kier molecular flexibility index (Phi) is 6.03. The first-order chi connectivity index (χ1) is 9.47. The van der Waals surface area contributed by atoms with Crippen LogP contribution in [0.15, 0.2) is 42.0 Å². The molecule has 0 bridgehead atoms. The summed E-state index contributed by atoms with van der Waals surface area (Å²) >= 11 is 0. The molecule has 0 unspecified atom stereocenters. The Morgan fingerprint density at radius 2 is 1.85 bits per heavy atom. The smallest absolute Gasteiger partial charge is 0.328 e. The predicted octanol–water partition coefficient (Wildman–Crippen LogP) is 2.87. The molecule has 0 spiro atoms. The normalized spacial score (nSPS) is 10.1. The molecule has 1 rings (SSSR count). The van der Waals surface area contributed by atoms with Crippen molar-refractivity contribution >= 4 is 23.8 Å². The summed E-state index contributed by atoms with van der Waals surface area (Å²) in [5, 5.41) is 13.9. The highest BCUT2D eigenvalue weighted by molar-refractivity contribution is 5.89. The molecule has 0 radical (unpaired) electrons. The van der Waals surface area contributed by atoms with E-state index in [-0.39, 0.29) is 6.03 Å². The third kappa shape index (κ3) is 6.39. The Hall–Kier alpha value is -2.56. The number of allylic oxidation sites excluding steroid dienone is 1. The van der Waals surface area contributed by atoms with Gasteiger partial charge in [-0.05, 0) is 37.6 Å². The summed E-state index contributed by atoms with van der Waals surface area (Å²) in [5.74, 6) is -0.995. The second-order valence-corrected chi connectivity index (χ2v) is 4.41. The van der Waals surface area contributed by atoms with E-state index in [9.17, 15) is 9.59 Å². The summed E-state index contributed by atoms with van der Waals surface area (Å²) in [6.07, 6.45) is 4.47. The fraction of sp³-hybridized carbons (Fsp3) is 0.200. The van der Waals surface area contributed by atoms with Crippen LogP contribution in [0, 0.1) is 0 Å². The number of carbonyl (C=O) groups excluding carboxylic acids is 1. The van der Waals surface area contributed by atoms with Gasteiger partial charge in [-0.3, -0.25) is 0 Å². The average Bonchev–Trinajstić information content (AvgIpc) is 2.37. The Labute approximate surface area is 118 Å². The lowest BCUT2D eigenvalue weighted by Crippen LogP contribution is -2.28. The molecule has 0 aromatic heterocycles. The monoisotopic (exact) mass is 274 g/mol. The SMILES string of the molecule is CC(C)=CCNC(=O)Nc1ccc(/C=C/C(=O)O)cc1. The minimum atomic E-state index is -0.995. The number of anilines is 1. The number of nitrogens with one attached hydrogen (secondary N) is 2. The summed E-state index contributed by atoms with van der Waals surface area (Å²) in [6.45, 7) is 4.40. The Bertz CT molecular complexity index is 527. The standard InChI is InChI=1S/C15H18N2O3/c1-11(2)9-10-16-15(20)17-13-6-3-12(4-7-13)5-8-14(18)19/h3-9H,10H2,1-2H3,(H,18,19)(H2,16,17,20)/b8-5+. The van der Waals surface area contributed by atoms with E-state index in [0.29, 0.717) is 12.2 Å². The van der Waals surface area contributed by atoms with E-state index in [1.54, 1.807) is 24.3 Å². The van der Waals surface area contributed by atoms with Crippen LogP contribution in [0.5, 0.6) is 0 Å². The van der Waals surface area contributed by atoms with E-state index in [0.717, 1.165) is 17.2 Å². The molecule has 0 saturated carbocycles. The van der Waals surface area contributed by atoms with Crippen molar-refractivity contribution < 1.29 is 14.7 Å². The summed E-state index contributed by atoms with van der Waals surface area (Å²) in [7, 11) is 0. The molecule has 0 atom stereocenters. The van der Waals surface area contributed by atoms with E-state index >= 15 is 0 Å².